The van der Waals surface area contributed by atoms with Gasteiger partial charge in [0.25, 0.3) is 0 Å². The maximum atomic E-state index is 2.52. The summed E-state index contributed by atoms with van der Waals surface area (Å²) in [5, 5.41) is 0. The third-order valence-electron chi connectivity index (χ3n) is 4.17. The second-order valence-corrected chi connectivity index (χ2v) is 7.50. The fourth-order valence-corrected chi connectivity index (χ4v) is 2.03. The molecular weight excluding hydrogens is 192 g/mol. The third-order valence-corrected chi connectivity index (χ3v) is 4.17. The summed E-state index contributed by atoms with van der Waals surface area (Å²) in [4.78, 5) is 0. The second-order valence-electron chi connectivity index (χ2n) is 7.50. The summed E-state index contributed by atoms with van der Waals surface area (Å²) in [6.07, 6.45) is 6.36. The first-order valence-corrected chi connectivity index (χ1v) is 6.90. The molecule has 0 aromatic heterocycles. The van der Waals surface area contributed by atoms with E-state index >= 15 is 0 Å². The Bertz CT molecular complexity index is 177. The van der Waals surface area contributed by atoms with Crippen molar-refractivity contribution in [2.24, 2.45) is 22.7 Å². The van der Waals surface area contributed by atoms with Gasteiger partial charge in [0.1, 0.15) is 0 Å². The van der Waals surface area contributed by atoms with Gasteiger partial charge in [-0.2, -0.15) is 0 Å². The molecule has 0 fully saturated rings. The Labute approximate surface area is 104 Å². The van der Waals surface area contributed by atoms with Gasteiger partial charge >= 0.3 is 0 Å². The van der Waals surface area contributed by atoms with E-state index in [9.17, 15) is 0 Å². The highest BCUT2D eigenvalue weighted by Gasteiger charge is 2.24. The lowest BCUT2D eigenvalue weighted by atomic mass is 9.74. The summed E-state index contributed by atoms with van der Waals surface area (Å²) in [7, 11) is 0. The smallest absolute Gasteiger partial charge is 0.0354 e. The molecule has 0 bridgehead atoms. The highest BCUT2D eigenvalue weighted by Crippen LogP contribution is 2.34. The topological polar surface area (TPSA) is 0 Å². The number of hydrogen-bond acceptors (Lipinski definition) is 0. The Morgan fingerprint density at radius 3 is 1.69 bits per heavy atom. The molecule has 2 unspecified atom stereocenters. The Hall–Kier alpha value is 0. The first kappa shape index (κ1) is 16.0. The molecule has 0 nitrogen and oxygen atoms in total. The third kappa shape index (κ3) is 5.92. The van der Waals surface area contributed by atoms with Crippen LogP contribution >= 0.6 is 0 Å². The van der Waals surface area contributed by atoms with Crippen molar-refractivity contribution in [1.82, 2.24) is 0 Å². The Morgan fingerprint density at radius 2 is 1.38 bits per heavy atom. The molecule has 16 heavy (non-hydrogen) atoms. The van der Waals surface area contributed by atoms with E-state index in [2.05, 4.69) is 61.8 Å². The molecule has 0 saturated carbocycles. The van der Waals surface area contributed by atoms with Gasteiger partial charge in [-0.3, -0.25) is 0 Å². The standard InChI is InChI=1S/C16H33/c1-9-14(16(6,7)8)12-10-11-13(2)15(3,4)5/h10,13-14H,9,11-12H2,1-8H3. The molecule has 97 valence electrons. The monoisotopic (exact) mass is 225 g/mol. The molecule has 0 spiro atoms. The van der Waals surface area contributed by atoms with Crippen molar-refractivity contribution in [1.29, 1.82) is 0 Å². The lowest BCUT2D eigenvalue weighted by Crippen LogP contribution is -2.21. The molecule has 0 aliphatic carbocycles. The van der Waals surface area contributed by atoms with E-state index in [1.54, 1.807) is 0 Å². The van der Waals surface area contributed by atoms with Crippen LogP contribution in [0.4, 0.5) is 0 Å². The van der Waals surface area contributed by atoms with Crippen molar-refractivity contribution in [3.63, 3.8) is 0 Å². The van der Waals surface area contributed by atoms with Crippen molar-refractivity contribution in [3.8, 4) is 0 Å². The fourth-order valence-electron chi connectivity index (χ4n) is 2.03. The van der Waals surface area contributed by atoms with E-state index < -0.39 is 0 Å². The van der Waals surface area contributed by atoms with Gasteiger partial charge in [0.05, 0.1) is 0 Å². The van der Waals surface area contributed by atoms with E-state index in [-0.39, 0.29) is 0 Å². The van der Waals surface area contributed by atoms with Gasteiger partial charge in [-0.05, 0) is 41.9 Å². The van der Waals surface area contributed by atoms with E-state index in [0.717, 1.165) is 11.8 Å². The lowest BCUT2D eigenvalue weighted by Gasteiger charge is -2.31. The highest BCUT2D eigenvalue weighted by molar-refractivity contribution is 4.82. The predicted molar refractivity (Wildman–Crippen MR) is 75.4 cm³/mol. The maximum Gasteiger partial charge on any atom is -0.0354 e. The minimum absolute atomic E-state index is 0.444. The fraction of sp³-hybridized carbons (Fsp3) is 0.938. The summed E-state index contributed by atoms with van der Waals surface area (Å²) < 4.78 is 0. The van der Waals surface area contributed by atoms with Gasteiger partial charge in [-0.1, -0.05) is 61.8 Å². The van der Waals surface area contributed by atoms with Crippen LogP contribution in [-0.2, 0) is 0 Å². The average molecular weight is 225 g/mol. The second kappa shape index (κ2) is 6.07. The molecule has 2 atom stereocenters. The van der Waals surface area contributed by atoms with Crippen molar-refractivity contribution in [2.75, 3.05) is 0 Å². The minimum Gasteiger partial charge on any atom is -0.0651 e. The number of rotatable bonds is 5. The largest absolute Gasteiger partial charge is 0.0651 e. The Kier molecular flexibility index (Phi) is 6.07. The zero-order valence-electron chi connectivity index (χ0n) is 12.9. The van der Waals surface area contributed by atoms with Gasteiger partial charge in [0.15, 0.2) is 0 Å². The van der Waals surface area contributed by atoms with Crippen LogP contribution < -0.4 is 0 Å². The van der Waals surface area contributed by atoms with E-state index in [1.165, 1.54) is 19.3 Å². The van der Waals surface area contributed by atoms with Gasteiger partial charge in [-0.25, -0.2) is 0 Å². The predicted octanol–water partition coefficient (Wildman–Crippen LogP) is 5.73. The Balaban J connectivity index is 3.98. The van der Waals surface area contributed by atoms with Crippen LogP contribution in [-0.4, -0.2) is 0 Å². The van der Waals surface area contributed by atoms with Crippen molar-refractivity contribution in [2.45, 2.75) is 74.7 Å². The van der Waals surface area contributed by atoms with Crippen LogP contribution in [0.25, 0.3) is 0 Å². The van der Waals surface area contributed by atoms with Gasteiger partial charge < -0.3 is 0 Å². The number of hydrogen-bond donors (Lipinski definition) is 0. The normalized spacial score (nSPS) is 17.2. The summed E-state index contributed by atoms with van der Waals surface area (Å²) >= 11 is 0. The van der Waals surface area contributed by atoms with Crippen LogP contribution in [0, 0.1) is 29.1 Å². The van der Waals surface area contributed by atoms with Crippen LogP contribution in [0.3, 0.4) is 0 Å². The van der Waals surface area contributed by atoms with Crippen molar-refractivity contribution >= 4 is 0 Å². The molecule has 0 aromatic carbocycles. The summed E-state index contributed by atoms with van der Waals surface area (Å²) in [5.41, 5.74) is 0.899. The van der Waals surface area contributed by atoms with Crippen LogP contribution in [0.2, 0.25) is 0 Å². The maximum absolute atomic E-state index is 2.52. The molecule has 0 aliphatic heterocycles. The molecule has 0 saturated heterocycles. The minimum atomic E-state index is 0.444. The highest BCUT2D eigenvalue weighted by atomic mass is 14.3. The molecule has 0 heteroatoms. The van der Waals surface area contributed by atoms with Gasteiger partial charge in [-0.15, -0.1) is 0 Å². The molecule has 0 aliphatic rings. The van der Waals surface area contributed by atoms with Crippen LogP contribution in [0.1, 0.15) is 74.7 Å². The first-order chi connectivity index (χ1) is 7.09. The molecule has 0 aromatic rings. The summed E-state index contributed by atoms with van der Waals surface area (Å²) in [6, 6.07) is 0. The zero-order chi connectivity index (χ0) is 13.0. The van der Waals surface area contributed by atoms with E-state index in [0.29, 0.717) is 10.8 Å². The average Bonchev–Trinajstić information content (AvgIpc) is 2.08. The molecule has 0 rings (SSSR count). The van der Waals surface area contributed by atoms with Crippen LogP contribution in [0.15, 0.2) is 0 Å². The SMILES string of the molecule is CCC(C[CH]CC(C)C(C)(C)C)C(C)(C)C. The molecule has 0 amide bonds. The molecule has 0 heterocycles. The first-order valence-electron chi connectivity index (χ1n) is 6.90. The lowest BCUT2D eigenvalue weighted by molar-refractivity contribution is 0.216. The zero-order valence-corrected chi connectivity index (χ0v) is 12.9. The Morgan fingerprint density at radius 1 is 0.875 bits per heavy atom. The molecule has 0 N–H and O–H groups in total. The molecular formula is C16H33. The molecule has 1 radical (unpaired) electrons. The quantitative estimate of drug-likeness (QED) is 0.561. The van der Waals surface area contributed by atoms with Gasteiger partial charge in [0, 0.05) is 0 Å². The summed E-state index contributed by atoms with van der Waals surface area (Å²) in [6.45, 7) is 18.8. The van der Waals surface area contributed by atoms with Crippen molar-refractivity contribution < 1.29 is 0 Å². The van der Waals surface area contributed by atoms with Crippen molar-refractivity contribution in [3.05, 3.63) is 6.42 Å². The van der Waals surface area contributed by atoms with E-state index in [1.807, 2.05) is 0 Å². The summed E-state index contributed by atoms with van der Waals surface area (Å²) in [5.74, 6) is 1.62. The van der Waals surface area contributed by atoms with E-state index in [4.69, 9.17) is 0 Å². The van der Waals surface area contributed by atoms with Crippen LogP contribution in [0.5, 0.6) is 0 Å². The van der Waals surface area contributed by atoms with Gasteiger partial charge in [0.2, 0.25) is 0 Å².